The summed E-state index contributed by atoms with van der Waals surface area (Å²) in [4.78, 5) is 22.4. The van der Waals surface area contributed by atoms with Gasteiger partial charge in [0.1, 0.15) is 5.82 Å². The number of rotatable bonds is 7. The van der Waals surface area contributed by atoms with E-state index in [-0.39, 0.29) is 11.7 Å². The number of para-hydroxylation sites is 1. The maximum absolute atomic E-state index is 14.2. The number of carbonyl (C=O) groups is 1. The molecule has 0 N–H and O–H groups in total. The van der Waals surface area contributed by atoms with Gasteiger partial charge in [-0.2, -0.15) is 0 Å². The Kier molecular flexibility index (Phi) is 8.45. The summed E-state index contributed by atoms with van der Waals surface area (Å²) in [6.07, 6.45) is 5.28. The Labute approximate surface area is 219 Å². The largest absolute Gasteiger partial charge is 0.366 e. The molecule has 3 aliphatic rings. The van der Waals surface area contributed by atoms with Crippen molar-refractivity contribution in [1.29, 1.82) is 0 Å². The molecule has 0 spiro atoms. The summed E-state index contributed by atoms with van der Waals surface area (Å²) in [5.74, 6) is 0.555. The summed E-state index contributed by atoms with van der Waals surface area (Å²) in [5, 5.41) is 0.789. The molecule has 3 fully saturated rings. The second-order valence-corrected chi connectivity index (χ2v) is 11.0. The van der Waals surface area contributed by atoms with E-state index in [1.807, 2.05) is 29.2 Å². The molecule has 36 heavy (non-hydrogen) atoms. The molecule has 3 saturated heterocycles. The predicted molar refractivity (Wildman–Crippen MR) is 144 cm³/mol. The van der Waals surface area contributed by atoms with Crippen molar-refractivity contribution in [2.24, 2.45) is 5.92 Å². The molecule has 5 nitrogen and oxygen atoms in total. The van der Waals surface area contributed by atoms with Crippen molar-refractivity contribution in [3.8, 4) is 0 Å². The highest BCUT2D eigenvalue weighted by Crippen LogP contribution is 2.30. The van der Waals surface area contributed by atoms with E-state index in [0.717, 1.165) is 31.1 Å². The van der Waals surface area contributed by atoms with Gasteiger partial charge in [0.05, 0.1) is 5.69 Å². The van der Waals surface area contributed by atoms with Crippen LogP contribution in [0.4, 0.5) is 10.1 Å². The maximum Gasteiger partial charge on any atom is 0.222 e. The van der Waals surface area contributed by atoms with Crippen LogP contribution in [0.2, 0.25) is 5.02 Å². The van der Waals surface area contributed by atoms with Crippen LogP contribution in [0, 0.1) is 11.7 Å². The summed E-state index contributed by atoms with van der Waals surface area (Å²) in [6, 6.07) is 15.7. The van der Waals surface area contributed by atoms with Gasteiger partial charge in [0, 0.05) is 56.8 Å². The van der Waals surface area contributed by atoms with Gasteiger partial charge < -0.3 is 14.7 Å². The second kappa shape index (κ2) is 11.9. The Morgan fingerprint density at radius 1 is 0.944 bits per heavy atom. The van der Waals surface area contributed by atoms with Gasteiger partial charge in [0.2, 0.25) is 5.91 Å². The normalized spacial score (nSPS) is 23.8. The topological polar surface area (TPSA) is 30.0 Å². The van der Waals surface area contributed by atoms with Crippen LogP contribution < -0.4 is 4.90 Å². The number of hydrogen-bond donors (Lipinski definition) is 0. The number of likely N-dealkylation sites (tertiary alicyclic amines) is 2. The van der Waals surface area contributed by atoms with E-state index in [1.54, 1.807) is 6.07 Å². The van der Waals surface area contributed by atoms with Crippen molar-refractivity contribution < 1.29 is 9.18 Å². The second-order valence-electron chi connectivity index (χ2n) is 10.6. The van der Waals surface area contributed by atoms with Crippen LogP contribution in [0.15, 0.2) is 48.5 Å². The third kappa shape index (κ3) is 6.21. The lowest BCUT2D eigenvalue weighted by atomic mass is 9.86. The van der Waals surface area contributed by atoms with E-state index < -0.39 is 0 Å². The van der Waals surface area contributed by atoms with Crippen molar-refractivity contribution in [2.75, 3.05) is 57.3 Å². The number of benzene rings is 2. The molecule has 1 amide bonds. The molecule has 0 unspecified atom stereocenters. The average molecular weight is 513 g/mol. The molecule has 2 atom stereocenters. The molecular formula is C29H38ClFN4O. The highest BCUT2D eigenvalue weighted by atomic mass is 35.5. The minimum Gasteiger partial charge on any atom is -0.366 e. The summed E-state index contributed by atoms with van der Waals surface area (Å²) in [5.41, 5.74) is 1.89. The van der Waals surface area contributed by atoms with Gasteiger partial charge >= 0.3 is 0 Å². The Balaban J connectivity index is 1.16. The summed E-state index contributed by atoms with van der Waals surface area (Å²) in [6.45, 7) is 8.11. The molecule has 0 radical (unpaired) electrons. The molecule has 2 aromatic rings. The minimum absolute atomic E-state index is 0.190. The molecule has 2 aromatic carbocycles. The fraction of sp³-hybridized carbons (Fsp3) is 0.552. The van der Waals surface area contributed by atoms with Crippen molar-refractivity contribution in [2.45, 2.75) is 44.7 Å². The lowest BCUT2D eigenvalue weighted by Gasteiger charge is -2.43. The van der Waals surface area contributed by atoms with E-state index in [9.17, 15) is 9.18 Å². The first-order valence-electron chi connectivity index (χ1n) is 13.5. The molecule has 0 aromatic heterocycles. The Hall–Kier alpha value is -2.15. The zero-order valence-electron chi connectivity index (χ0n) is 21.1. The highest BCUT2D eigenvalue weighted by molar-refractivity contribution is 6.30. The van der Waals surface area contributed by atoms with Gasteiger partial charge in [-0.05, 0) is 81.1 Å². The number of halogens is 2. The molecule has 0 saturated carbocycles. The lowest BCUT2D eigenvalue weighted by Crippen LogP contribution is -2.51. The molecule has 3 aliphatic heterocycles. The van der Waals surface area contributed by atoms with Crippen LogP contribution in [0.3, 0.4) is 0 Å². The molecule has 3 heterocycles. The summed E-state index contributed by atoms with van der Waals surface area (Å²) >= 11 is 6.22. The predicted octanol–water partition coefficient (Wildman–Crippen LogP) is 4.89. The summed E-state index contributed by atoms with van der Waals surface area (Å²) in [7, 11) is 0. The van der Waals surface area contributed by atoms with E-state index >= 15 is 0 Å². The molecule has 0 aliphatic carbocycles. The molecule has 194 valence electrons. The Morgan fingerprint density at radius 2 is 1.72 bits per heavy atom. The van der Waals surface area contributed by atoms with E-state index in [2.05, 4.69) is 26.8 Å². The van der Waals surface area contributed by atoms with Gasteiger partial charge in [-0.3, -0.25) is 9.69 Å². The summed E-state index contributed by atoms with van der Waals surface area (Å²) < 4.78 is 14.2. The fourth-order valence-electron chi connectivity index (χ4n) is 6.34. The van der Waals surface area contributed by atoms with Crippen LogP contribution in [0.1, 0.15) is 37.7 Å². The zero-order valence-corrected chi connectivity index (χ0v) is 21.9. The van der Waals surface area contributed by atoms with Crippen LogP contribution >= 0.6 is 11.6 Å². The van der Waals surface area contributed by atoms with Crippen LogP contribution in [0.5, 0.6) is 0 Å². The first kappa shape index (κ1) is 25.5. The van der Waals surface area contributed by atoms with Crippen LogP contribution in [0.25, 0.3) is 0 Å². The van der Waals surface area contributed by atoms with Crippen molar-refractivity contribution >= 4 is 23.2 Å². The molecule has 7 heteroatoms. The number of piperazine rings is 1. The van der Waals surface area contributed by atoms with Gasteiger partial charge in [-0.15, -0.1) is 0 Å². The number of amides is 1. The van der Waals surface area contributed by atoms with Crippen LogP contribution in [-0.2, 0) is 11.3 Å². The minimum atomic E-state index is -0.190. The zero-order chi connectivity index (χ0) is 24.9. The SMILES string of the molecule is O=C(CC[C@H]1CN(Cc2cccc(Cl)c2)CC[C@H]1N1CCCC1)N1CCN(c2ccccc2F)CC1. The standard InChI is InChI=1S/C29H38ClFN4O/c30-25-7-5-6-23(20-25)21-32-15-12-27(33-13-3-4-14-33)24(22-32)10-11-29(36)35-18-16-34(17-19-35)28-9-2-1-8-26(28)31/h1-2,5-9,20,24,27H,3-4,10-19,21-22H2/t24-,27+/m0/s1. The van der Waals surface area contributed by atoms with E-state index in [4.69, 9.17) is 11.6 Å². The highest BCUT2D eigenvalue weighted by Gasteiger charge is 2.35. The van der Waals surface area contributed by atoms with Crippen molar-refractivity contribution in [3.05, 3.63) is 64.9 Å². The fourth-order valence-corrected chi connectivity index (χ4v) is 6.55. The number of nitrogens with zero attached hydrogens (tertiary/aromatic N) is 4. The van der Waals surface area contributed by atoms with Gasteiger partial charge in [-0.25, -0.2) is 4.39 Å². The number of piperidine rings is 1. The third-order valence-electron chi connectivity index (χ3n) is 8.24. The lowest BCUT2D eigenvalue weighted by molar-refractivity contribution is -0.132. The Bertz CT molecular complexity index is 1020. The van der Waals surface area contributed by atoms with Gasteiger partial charge in [0.15, 0.2) is 0 Å². The van der Waals surface area contributed by atoms with Crippen molar-refractivity contribution in [3.63, 3.8) is 0 Å². The van der Waals surface area contributed by atoms with Gasteiger partial charge in [0.25, 0.3) is 0 Å². The average Bonchev–Trinajstić information content (AvgIpc) is 3.43. The smallest absolute Gasteiger partial charge is 0.222 e. The monoisotopic (exact) mass is 512 g/mol. The van der Waals surface area contributed by atoms with Crippen LogP contribution in [-0.4, -0.2) is 79.0 Å². The van der Waals surface area contributed by atoms with E-state index in [1.165, 1.54) is 44.0 Å². The number of anilines is 1. The number of hydrogen-bond acceptors (Lipinski definition) is 4. The maximum atomic E-state index is 14.2. The van der Waals surface area contributed by atoms with Crippen molar-refractivity contribution in [1.82, 2.24) is 14.7 Å². The van der Waals surface area contributed by atoms with E-state index in [0.29, 0.717) is 50.2 Å². The first-order valence-corrected chi connectivity index (χ1v) is 13.9. The first-order chi connectivity index (χ1) is 17.6. The molecule has 5 rings (SSSR count). The van der Waals surface area contributed by atoms with Gasteiger partial charge in [-0.1, -0.05) is 35.9 Å². The Morgan fingerprint density at radius 3 is 2.47 bits per heavy atom. The number of carbonyl (C=O) groups excluding carboxylic acids is 1. The quantitative estimate of drug-likeness (QED) is 0.528. The third-order valence-corrected chi connectivity index (χ3v) is 8.47. The molecule has 0 bridgehead atoms. The molecular weight excluding hydrogens is 475 g/mol.